The van der Waals surface area contributed by atoms with Crippen molar-refractivity contribution in [2.45, 2.75) is 6.92 Å². The fraction of sp³-hybridized carbons (Fsp3) is 0.231. The van der Waals surface area contributed by atoms with Gasteiger partial charge in [0.1, 0.15) is 5.75 Å². The fourth-order valence-electron chi connectivity index (χ4n) is 1.24. The summed E-state index contributed by atoms with van der Waals surface area (Å²) >= 11 is 0. The van der Waals surface area contributed by atoms with Crippen LogP contribution >= 0.6 is 0 Å². The molecule has 0 aliphatic heterocycles. The number of carbonyl (C=O) groups excluding carboxylic acids is 1. The number of hydrogen-bond donors (Lipinski definition) is 2. The number of carboxylic acids is 1. The Labute approximate surface area is 105 Å². The van der Waals surface area contributed by atoms with Gasteiger partial charge in [-0.1, -0.05) is 11.8 Å². The number of methoxy groups -OCH3 is 1. The summed E-state index contributed by atoms with van der Waals surface area (Å²) in [6.07, 6.45) is 0. The topological polar surface area (TPSA) is 75.6 Å². The molecule has 0 aliphatic carbocycles. The molecule has 5 nitrogen and oxygen atoms in total. The zero-order chi connectivity index (χ0) is 13.5. The molecule has 0 bridgehead atoms. The molecule has 1 amide bonds. The molecular formula is C13H13NO4. The number of aromatic carboxylic acids is 1. The number of hydrogen-bond acceptors (Lipinski definition) is 3. The molecule has 5 heteroatoms. The van der Waals surface area contributed by atoms with E-state index in [1.807, 2.05) is 0 Å². The molecule has 0 saturated heterocycles. The van der Waals surface area contributed by atoms with Crippen LogP contribution < -0.4 is 10.1 Å². The summed E-state index contributed by atoms with van der Waals surface area (Å²) in [4.78, 5) is 21.4. The minimum Gasteiger partial charge on any atom is -0.495 e. The molecule has 0 spiro atoms. The van der Waals surface area contributed by atoms with Crippen LogP contribution in [0.2, 0.25) is 0 Å². The number of rotatable bonds is 3. The summed E-state index contributed by atoms with van der Waals surface area (Å²) in [7, 11) is 1.44. The third-order valence-electron chi connectivity index (χ3n) is 2.10. The van der Waals surface area contributed by atoms with Crippen LogP contribution in [0.25, 0.3) is 0 Å². The molecule has 0 radical (unpaired) electrons. The standard InChI is InChI=1S/C13H13NO4/c1-9(15)14-7-3-4-10-5-6-11(13(16)17)8-12(10)18-2/h5-6,8H,7H2,1-2H3,(H,14,15)(H,16,17). The smallest absolute Gasteiger partial charge is 0.335 e. The first-order valence-corrected chi connectivity index (χ1v) is 5.19. The van der Waals surface area contributed by atoms with Gasteiger partial charge in [0.2, 0.25) is 5.91 Å². The summed E-state index contributed by atoms with van der Waals surface area (Å²) in [5.41, 5.74) is 0.715. The molecule has 0 fully saturated rings. The molecule has 2 N–H and O–H groups in total. The van der Waals surface area contributed by atoms with E-state index in [-0.39, 0.29) is 18.0 Å². The second-order valence-electron chi connectivity index (χ2n) is 3.43. The van der Waals surface area contributed by atoms with E-state index in [9.17, 15) is 9.59 Å². The van der Waals surface area contributed by atoms with Gasteiger partial charge in [-0.3, -0.25) is 4.79 Å². The van der Waals surface area contributed by atoms with Gasteiger partial charge in [-0.15, -0.1) is 0 Å². The molecule has 0 aliphatic rings. The van der Waals surface area contributed by atoms with Gasteiger partial charge in [-0.2, -0.15) is 0 Å². The van der Waals surface area contributed by atoms with Crippen LogP contribution in [0, 0.1) is 11.8 Å². The maximum Gasteiger partial charge on any atom is 0.335 e. The first kappa shape index (κ1) is 13.6. The second-order valence-corrected chi connectivity index (χ2v) is 3.43. The van der Waals surface area contributed by atoms with E-state index in [4.69, 9.17) is 9.84 Å². The predicted molar refractivity (Wildman–Crippen MR) is 65.5 cm³/mol. The van der Waals surface area contributed by atoms with Crippen molar-refractivity contribution in [3.8, 4) is 17.6 Å². The van der Waals surface area contributed by atoms with Crippen LogP contribution in [0.4, 0.5) is 0 Å². The molecule has 1 aromatic rings. The molecule has 0 unspecified atom stereocenters. The molecule has 18 heavy (non-hydrogen) atoms. The maximum atomic E-state index is 10.8. The normalized spacial score (nSPS) is 9.00. The van der Waals surface area contributed by atoms with Crippen molar-refractivity contribution in [2.24, 2.45) is 0 Å². The Morgan fingerprint density at radius 2 is 2.17 bits per heavy atom. The number of amides is 1. The highest BCUT2D eigenvalue weighted by Crippen LogP contribution is 2.19. The van der Waals surface area contributed by atoms with Gasteiger partial charge in [-0.25, -0.2) is 4.79 Å². The Bertz CT molecular complexity index is 526. The van der Waals surface area contributed by atoms with E-state index < -0.39 is 5.97 Å². The monoisotopic (exact) mass is 247 g/mol. The number of carboxylic acid groups (broad SMARTS) is 1. The lowest BCUT2D eigenvalue weighted by Crippen LogP contribution is -2.19. The fourth-order valence-corrected chi connectivity index (χ4v) is 1.24. The van der Waals surface area contributed by atoms with Crippen molar-refractivity contribution < 1.29 is 19.4 Å². The molecule has 1 rings (SSSR count). The summed E-state index contributed by atoms with van der Waals surface area (Å²) < 4.78 is 5.06. The van der Waals surface area contributed by atoms with Crippen molar-refractivity contribution in [1.29, 1.82) is 0 Å². The lowest BCUT2D eigenvalue weighted by atomic mass is 10.1. The average Bonchev–Trinajstić information content (AvgIpc) is 2.34. The Balaban J connectivity index is 2.89. The van der Waals surface area contributed by atoms with Gasteiger partial charge < -0.3 is 15.2 Å². The Hall–Kier alpha value is -2.48. The number of ether oxygens (including phenoxy) is 1. The number of nitrogens with one attached hydrogen (secondary N) is 1. The van der Waals surface area contributed by atoms with E-state index in [1.54, 1.807) is 6.07 Å². The van der Waals surface area contributed by atoms with Crippen LogP contribution in [0.3, 0.4) is 0 Å². The zero-order valence-electron chi connectivity index (χ0n) is 10.1. The summed E-state index contributed by atoms with van der Waals surface area (Å²) in [5.74, 6) is 4.77. The largest absolute Gasteiger partial charge is 0.495 e. The van der Waals surface area contributed by atoms with Crippen molar-refractivity contribution >= 4 is 11.9 Å². The molecule has 94 valence electrons. The third-order valence-corrected chi connectivity index (χ3v) is 2.10. The van der Waals surface area contributed by atoms with Crippen molar-refractivity contribution in [1.82, 2.24) is 5.32 Å². The van der Waals surface area contributed by atoms with Crippen LogP contribution in [0.1, 0.15) is 22.8 Å². The minimum atomic E-state index is -1.02. The number of carbonyl (C=O) groups is 2. The highest BCUT2D eigenvalue weighted by atomic mass is 16.5. The summed E-state index contributed by atoms with van der Waals surface area (Å²) in [5, 5.41) is 11.4. The second kappa shape index (κ2) is 6.30. The number of benzene rings is 1. The van der Waals surface area contributed by atoms with Gasteiger partial charge >= 0.3 is 5.97 Å². The quantitative estimate of drug-likeness (QED) is 0.777. The predicted octanol–water partition coefficient (Wildman–Crippen LogP) is 0.881. The van der Waals surface area contributed by atoms with Gasteiger partial charge in [0.05, 0.1) is 24.8 Å². The molecule has 0 heterocycles. The first-order chi connectivity index (χ1) is 8.54. The maximum absolute atomic E-state index is 10.8. The minimum absolute atomic E-state index is 0.138. The van der Waals surface area contributed by atoms with E-state index in [0.717, 1.165) is 0 Å². The van der Waals surface area contributed by atoms with Gasteiger partial charge in [0, 0.05) is 6.92 Å². The van der Waals surface area contributed by atoms with Gasteiger partial charge in [-0.05, 0) is 18.2 Å². The molecule has 0 atom stereocenters. The zero-order valence-corrected chi connectivity index (χ0v) is 10.1. The van der Waals surface area contributed by atoms with Crippen molar-refractivity contribution in [2.75, 3.05) is 13.7 Å². The van der Waals surface area contributed by atoms with Crippen molar-refractivity contribution in [3.05, 3.63) is 29.3 Å². The van der Waals surface area contributed by atoms with Crippen LogP contribution in [0.15, 0.2) is 18.2 Å². The molecule has 1 aromatic carbocycles. The first-order valence-electron chi connectivity index (χ1n) is 5.19. The molecule has 0 saturated carbocycles. The summed E-state index contributed by atoms with van der Waals surface area (Å²) in [6.45, 7) is 1.64. The SMILES string of the molecule is COc1cc(C(=O)O)ccc1C#CCNC(C)=O. The van der Waals surface area contributed by atoms with Gasteiger partial charge in [0.25, 0.3) is 0 Å². The summed E-state index contributed by atoms with van der Waals surface area (Å²) in [6, 6.07) is 4.43. The molecule has 0 aromatic heterocycles. The lowest BCUT2D eigenvalue weighted by molar-refractivity contribution is -0.118. The highest BCUT2D eigenvalue weighted by Gasteiger charge is 2.07. The van der Waals surface area contributed by atoms with E-state index in [1.165, 1.54) is 26.2 Å². The third kappa shape index (κ3) is 3.83. The lowest BCUT2D eigenvalue weighted by Gasteiger charge is -2.04. The van der Waals surface area contributed by atoms with E-state index >= 15 is 0 Å². The highest BCUT2D eigenvalue weighted by molar-refractivity contribution is 5.88. The van der Waals surface area contributed by atoms with E-state index in [0.29, 0.717) is 11.3 Å². The van der Waals surface area contributed by atoms with E-state index in [2.05, 4.69) is 17.2 Å². The van der Waals surface area contributed by atoms with Crippen LogP contribution in [-0.2, 0) is 4.79 Å². The van der Waals surface area contributed by atoms with Crippen LogP contribution in [0.5, 0.6) is 5.75 Å². The average molecular weight is 247 g/mol. The van der Waals surface area contributed by atoms with Crippen LogP contribution in [-0.4, -0.2) is 30.6 Å². The Kier molecular flexibility index (Phi) is 4.76. The van der Waals surface area contributed by atoms with Gasteiger partial charge in [0.15, 0.2) is 0 Å². The molecular weight excluding hydrogens is 234 g/mol. The Morgan fingerprint density at radius 1 is 1.44 bits per heavy atom. The van der Waals surface area contributed by atoms with Crippen molar-refractivity contribution in [3.63, 3.8) is 0 Å². The Morgan fingerprint density at radius 3 is 2.72 bits per heavy atom.